The van der Waals surface area contributed by atoms with Crippen LogP contribution in [0.3, 0.4) is 0 Å². The normalized spacial score (nSPS) is 28.4. The van der Waals surface area contributed by atoms with Crippen LogP contribution in [0.5, 0.6) is 0 Å². The molecule has 0 radical (unpaired) electrons. The van der Waals surface area contributed by atoms with Crippen LogP contribution in [0, 0.1) is 17.8 Å². The first-order valence-electron chi connectivity index (χ1n) is 7.71. The minimum Gasteiger partial charge on any atom is -0.310 e. The highest BCUT2D eigenvalue weighted by atomic mass is 79.9. The number of hydrogen-bond donors (Lipinski definition) is 1. The first-order chi connectivity index (χ1) is 9.52. The third-order valence-corrected chi connectivity index (χ3v) is 5.75. The van der Waals surface area contributed by atoms with Crippen LogP contribution in [0.25, 0.3) is 0 Å². The summed E-state index contributed by atoms with van der Waals surface area (Å²) in [6.45, 7) is 7.98. The van der Waals surface area contributed by atoms with Gasteiger partial charge >= 0.3 is 0 Å². The van der Waals surface area contributed by atoms with Crippen molar-refractivity contribution in [3.05, 3.63) is 33.3 Å². The van der Waals surface area contributed by atoms with E-state index >= 15 is 0 Å². The molecule has 0 aliphatic heterocycles. The van der Waals surface area contributed by atoms with Crippen LogP contribution in [0.2, 0.25) is 5.02 Å². The second kappa shape index (κ2) is 7.29. The van der Waals surface area contributed by atoms with Crippen molar-refractivity contribution in [1.82, 2.24) is 5.32 Å². The lowest BCUT2D eigenvalue weighted by atomic mass is 9.72. The van der Waals surface area contributed by atoms with Crippen molar-refractivity contribution in [2.24, 2.45) is 17.8 Å². The summed E-state index contributed by atoms with van der Waals surface area (Å²) >= 11 is 9.76. The fraction of sp³-hybridized carbons (Fsp3) is 0.647. The second-order valence-electron chi connectivity index (χ2n) is 6.23. The van der Waals surface area contributed by atoms with Crippen LogP contribution in [-0.2, 0) is 0 Å². The molecule has 1 N–H and O–H groups in total. The summed E-state index contributed by atoms with van der Waals surface area (Å²) in [7, 11) is 0. The van der Waals surface area contributed by atoms with Crippen molar-refractivity contribution in [2.45, 2.75) is 46.1 Å². The molecule has 0 heterocycles. The van der Waals surface area contributed by atoms with Gasteiger partial charge in [-0.15, -0.1) is 0 Å². The Labute approximate surface area is 136 Å². The molecule has 0 aromatic heterocycles. The molecule has 1 aromatic carbocycles. The average molecular weight is 359 g/mol. The van der Waals surface area contributed by atoms with Crippen molar-refractivity contribution in [3.8, 4) is 0 Å². The Morgan fingerprint density at radius 1 is 1.30 bits per heavy atom. The third kappa shape index (κ3) is 3.78. The molecule has 4 atom stereocenters. The number of rotatable bonds is 4. The van der Waals surface area contributed by atoms with Crippen molar-refractivity contribution in [2.75, 3.05) is 6.54 Å². The largest absolute Gasteiger partial charge is 0.310 e. The Morgan fingerprint density at radius 3 is 2.65 bits per heavy atom. The van der Waals surface area contributed by atoms with E-state index < -0.39 is 0 Å². The maximum Gasteiger partial charge on any atom is 0.0417 e. The molecule has 0 bridgehead atoms. The Balaban J connectivity index is 2.22. The molecule has 112 valence electrons. The lowest BCUT2D eigenvalue weighted by Gasteiger charge is -2.37. The summed E-state index contributed by atoms with van der Waals surface area (Å²) in [5.41, 5.74) is 1.35. The topological polar surface area (TPSA) is 12.0 Å². The first-order valence-corrected chi connectivity index (χ1v) is 8.88. The summed E-state index contributed by atoms with van der Waals surface area (Å²) in [4.78, 5) is 0. The van der Waals surface area contributed by atoms with Gasteiger partial charge in [0.25, 0.3) is 0 Å². The van der Waals surface area contributed by atoms with E-state index in [0.717, 1.165) is 33.8 Å². The van der Waals surface area contributed by atoms with Crippen molar-refractivity contribution in [1.29, 1.82) is 0 Å². The minimum atomic E-state index is 0.432. The van der Waals surface area contributed by atoms with Crippen LogP contribution in [-0.4, -0.2) is 6.54 Å². The number of hydrogen-bond acceptors (Lipinski definition) is 1. The summed E-state index contributed by atoms with van der Waals surface area (Å²) < 4.78 is 1.13. The van der Waals surface area contributed by atoms with E-state index in [4.69, 9.17) is 11.6 Å². The number of benzene rings is 1. The van der Waals surface area contributed by atoms with Gasteiger partial charge in [0, 0.05) is 15.5 Å². The highest BCUT2D eigenvalue weighted by Crippen LogP contribution is 2.41. The van der Waals surface area contributed by atoms with Gasteiger partial charge in [0.2, 0.25) is 0 Å². The quantitative estimate of drug-likeness (QED) is 0.714. The zero-order valence-electron chi connectivity index (χ0n) is 12.6. The monoisotopic (exact) mass is 357 g/mol. The second-order valence-corrected chi connectivity index (χ2v) is 7.52. The van der Waals surface area contributed by atoms with Gasteiger partial charge in [-0.25, -0.2) is 0 Å². The maximum atomic E-state index is 6.08. The standard InChI is InChI=1S/C17H25BrClN/c1-4-20-17(13-6-5-11(2)12(3)9-13)15-8-7-14(19)10-16(15)18/h7-8,10-13,17,20H,4-6,9H2,1-3H3. The van der Waals surface area contributed by atoms with Crippen LogP contribution in [0.15, 0.2) is 22.7 Å². The molecular weight excluding hydrogens is 334 g/mol. The molecule has 1 saturated carbocycles. The average Bonchev–Trinajstić information content (AvgIpc) is 2.40. The van der Waals surface area contributed by atoms with E-state index in [1.807, 2.05) is 12.1 Å². The van der Waals surface area contributed by atoms with Crippen molar-refractivity contribution in [3.63, 3.8) is 0 Å². The van der Waals surface area contributed by atoms with E-state index in [-0.39, 0.29) is 0 Å². The maximum absolute atomic E-state index is 6.08. The Hall–Kier alpha value is -0.0500. The molecule has 1 fully saturated rings. The number of halogens is 2. The highest BCUT2D eigenvalue weighted by Gasteiger charge is 2.31. The van der Waals surface area contributed by atoms with Crippen molar-refractivity contribution >= 4 is 27.5 Å². The summed E-state index contributed by atoms with van der Waals surface area (Å²) in [5.74, 6) is 2.40. The van der Waals surface area contributed by atoms with Crippen molar-refractivity contribution < 1.29 is 0 Å². The summed E-state index contributed by atoms with van der Waals surface area (Å²) in [6.07, 6.45) is 3.98. The van der Waals surface area contributed by atoms with Gasteiger partial charge in [-0.1, -0.05) is 60.8 Å². The van der Waals surface area contributed by atoms with Gasteiger partial charge in [-0.3, -0.25) is 0 Å². The number of nitrogens with one attached hydrogen (secondary N) is 1. The Bertz CT molecular complexity index is 449. The Kier molecular flexibility index (Phi) is 5.95. The predicted molar refractivity (Wildman–Crippen MR) is 91.2 cm³/mol. The Morgan fingerprint density at radius 2 is 2.05 bits per heavy atom. The third-order valence-electron chi connectivity index (χ3n) is 4.83. The van der Waals surface area contributed by atoms with Crippen LogP contribution < -0.4 is 5.32 Å². The smallest absolute Gasteiger partial charge is 0.0417 e. The summed E-state index contributed by atoms with van der Waals surface area (Å²) in [6, 6.07) is 6.61. The minimum absolute atomic E-state index is 0.432. The van der Waals surface area contributed by atoms with Gasteiger partial charge < -0.3 is 5.32 Å². The molecular formula is C17H25BrClN. The van der Waals surface area contributed by atoms with Gasteiger partial charge in [0.05, 0.1) is 0 Å². The van der Waals surface area contributed by atoms with Crippen LogP contribution in [0.1, 0.15) is 51.6 Å². The molecule has 1 aliphatic carbocycles. The molecule has 0 amide bonds. The molecule has 1 nitrogen and oxygen atoms in total. The van der Waals surface area contributed by atoms with E-state index in [2.05, 4.69) is 48.1 Å². The molecule has 2 rings (SSSR count). The van der Waals surface area contributed by atoms with Gasteiger partial charge in [-0.2, -0.15) is 0 Å². The lowest BCUT2D eigenvalue weighted by molar-refractivity contribution is 0.171. The SMILES string of the molecule is CCNC(c1ccc(Cl)cc1Br)C1CCC(C)C(C)C1. The van der Waals surface area contributed by atoms with Gasteiger partial charge in [-0.05, 0) is 54.8 Å². The van der Waals surface area contributed by atoms with Crippen LogP contribution in [0.4, 0.5) is 0 Å². The van der Waals surface area contributed by atoms with Crippen LogP contribution >= 0.6 is 27.5 Å². The van der Waals surface area contributed by atoms with E-state index in [1.165, 1.54) is 24.8 Å². The summed E-state index contributed by atoms with van der Waals surface area (Å²) in [5, 5.41) is 4.48. The molecule has 20 heavy (non-hydrogen) atoms. The van der Waals surface area contributed by atoms with Gasteiger partial charge in [0.15, 0.2) is 0 Å². The highest BCUT2D eigenvalue weighted by molar-refractivity contribution is 9.10. The van der Waals surface area contributed by atoms with E-state index in [1.54, 1.807) is 0 Å². The fourth-order valence-corrected chi connectivity index (χ4v) is 4.33. The van der Waals surface area contributed by atoms with E-state index in [0.29, 0.717) is 6.04 Å². The molecule has 0 saturated heterocycles. The zero-order valence-corrected chi connectivity index (χ0v) is 15.0. The fourth-order valence-electron chi connectivity index (χ4n) is 3.40. The molecule has 0 spiro atoms. The molecule has 4 unspecified atom stereocenters. The van der Waals surface area contributed by atoms with Gasteiger partial charge in [0.1, 0.15) is 0 Å². The predicted octanol–water partition coefficient (Wildman–Crippen LogP) is 5.83. The molecule has 1 aromatic rings. The molecule has 1 aliphatic rings. The zero-order chi connectivity index (χ0) is 14.7. The first kappa shape index (κ1) is 16.3. The van der Waals surface area contributed by atoms with E-state index in [9.17, 15) is 0 Å². The molecule has 3 heteroatoms. The lowest BCUT2D eigenvalue weighted by Crippen LogP contribution is -2.33.